The van der Waals surface area contributed by atoms with Crippen LogP contribution in [0.2, 0.25) is 0 Å². The Bertz CT molecular complexity index is 523. The predicted octanol–water partition coefficient (Wildman–Crippen LogP) is 0.692. The number of hydrogen-bond donors (Lipinski definition) is 3. The zero-order valence-corrected chi connectivity index (χ0v) is 11.0. The van der Waals surface area contributed by atoms with Gasteiger partial charge in [-0.15, -0.1) is 0 Å². The number of aliphatic hydroxyl groups excluding tert-OH is 1. The number of hydrogen-bond acceptors (Lipinski definition) is 5. The van der Waals surface area contributed by atoms with E-state index in [9.17, 15) is 19.4 Å². The SMILES string of the molecule is CC1CN(c2ccc(F)c(N)c2C(=O)O)CC(CO)O1. The first-order chi connectivity index (χ1) is 9.43. The molecule has 1 aliphatic heterocycles. The van der Waals surface area contributed by atoms with Crippen LogP contribution in [0.5, 0.6) is 0 Å². The summed E-state index contributed by atoms with van der Waals surface area (Å²) in [5.41, 5.74) is 5.23. The largest absolute Gasteiger partial charge is 0.478 e. The van der Waals surface area contributed by atoms with Gasteiger partial charge in [-0.3, -0.25) is 0 Å². The lowest BCUT2D eigenvalue weighted by atomic mass is 10.1. The number of nitrogen functional groups attached to an aromatic ring is 1. The summed E-state index contributed by atoms with van der Waals surface area (Å²) in [4.78, 5) is 13.1. The van der Waals surface area contributed by atoms with E-state index in [0.717, 1.165) is 6.07 Å². The molecule has 0 aromatic heterocycles. The second kappa shape index (κ2) is 5.64. The fourth-order valence-corrected chi connectivity index (χ4v) is 2.41. The highest BCUT2D eigenvalue weighted by Crippen LogP contribution is 2.30. The Morgan fingerprint density at radius 3 is 2.85 bits per heavy atom. The molecule has 0 spiro atoms. The van der Waals surface area contributed by atoms with Gasteiger partial charge in [0.1, 0.15) is 11.4 Å². The smallest absolute Gasteiger partial charge is 0.340 e. The van der Waals surface area contributed by atoms with E-state index in [1.807, 2.05) is 6.92 Å². The number of nitrogens with two attached hydrogens (primary N) is 1. The Hall–Kier alpha value is -1.86. The number of benzene rings is 1. The highest BCUT2D eigenvalue weighted by molar-refractivity contribution is 6.00. The van der Waals surface area contributed by atoms with Crippen molar-refractivity contribution in [2.75, 3.05) is 30.3 Å². The van der Waals surface area contributed by atoms with Crippen LogP contribution in [0.15, 0.2) is 12.1 Å². The van der Waals surface area contributed by atoms with Crippen molar-refractivity contribution in [3.63, 3.8) is 0 Å². The molecular formula is C13H17FN2O4. The highest BCUT2D eigenvalue weighted by atomic mass is 19.1. The second-order valence-electron chi connectivity index (χ2n) is 4.82. The quantitative estimate of drug-likeness (QED) is 0.707. The summed E-state index contributed by atoms with van der Waals surface area (Å²) >= 11 is 0. The lowest BCUT2D eigenvalue weighted by molar-refractivity contribution is -0.0421. The Morgan fingerprint density at radius 2 is 2.25 bits per heavy atom. The topological polar surface area (TPSA) is 96.0 Å². The van der Waals surface area contributed by atoms with Gasteiger partial charge in [-0.1, -0.05) is 0 Å². The third-order valence-electron chi connectivity index (χ3n) is 3.25. The highest BCUT2D eigenvalue weighted by Gasteiger charge is 2.29. The van der Waals surface area contributed by atoms with Gasteiger partial charge in [0.05, 0.1) is 30.2 Å². The lowest BCUT2D eigenvalue weighted by Gasteiger charge is -2.38. The van der Waals surface area contributed by atoms with E-state index in [2.05, 4.69) is 0 Å². The number of carboxylic acids is 1. The van der Waals surface area contributed by atoms with Gasteiger partial charge in [-0.2, -0.15) is 0 Å². The average Bonchev–Trinajstić information content (AvgIpc) is 2.40. The van der Waals surface area contributed by atoms with Gasteiger partial charge in [0.25, 0.3) is 0 Å². The molecule has 20 heavy (non-hydrogen) atoms. The van der Waals surface area contributed by atoms with Crippen LogP contribution in [0.4, 0.5) is 15.8 Å². The molecule has 1 aromatic rings. The Morgan fingerprint density at radius 1 is 1.55 bits per heavy atom. The van der Waals surface area contributed by atoms with E-state index in [0.29, 0.717) is 18.8 Å². The number of ether oxygens (including phenoxy) is 1. The number of carbonyl (C=O) groups is 1. The van der Waals surface area contributed by atoms with Crippen LogP contribution in [-0.2, 0) is 4.74 Å². The number of nitrogens with zero attached hydrogens (tertiary/aromatic N) is 1. The maximum atomic E-state index is 13.4. The van der Waals surface area contributed by atoms with E-state index in [1.165, 1.54) is 6.07 Å². The minimum Gasteiger partial charge on any atom is -0.478 e. The van der Waals surface area contributed by atoms with Crippen molar-refractivity contribution in [1.82, 2.24) is 0 Å². The molecule has 0 bridgehead atoms. The molecule has 1 aliphatic rings. The number of rotatable bonds is 3. The Kier molecular flexibility index (Phi) is 4.10. The van der Waals surface area contributed by atoms with Crippen molar-refractivity contribution in [3.05, 3.63) is 23.5 Å². The average molecular weight is 284 g/mol. The van der Waals surface area contributed by atoms with E-state index < -0.39 is 17.9 Å². The molecule has 6 nitrogen and oxygen atoms in total. The summed E-state index contributed by atoms with van der Waals surface area (Å²) in [5.74, 6) is -2.04. The Balaban J connectivity index is 2.41. The fraction of sp³-hybridized carbons (Fsp3) is 0.462. The molecule has 4 N–H and O–H groups in total. The minimum absolute atomic E-state index is 0.167. The van der Waals surface area contributed by atoms with Crippen molar-refractivity contribution >= 4 is 17.3 Å². The van der Waals surface area contributed by atoms with E-state index in [1.54, 1.807) is 4.90 Å². The summed E-state index contributed by atoms with van der Waals surface area (Å²) in [5, 5.41) is 18.4. The van der Waals surface area contributed by atoms with E-state index in [4.69, 9.17) is 10.5 Å². The molecule has 0 saturated carbocycles. The zero-order chi connectivity index (χ0) is 14.9. The molecular weight excluding hydrogens is 267 g/mol. The van der Waals surface area contributed by atoms with Crippen molar-refractivity contribution in [3.8, 4) is 0 Å². The summed E-state index contributed by atoms with van der Waals surface area (Å²) in [6, 6.07) is 2.53. The van der Waals surface area contributed by atoms with Crippen LogP contribution in [0.1, 0.15) is 17.3 Å². The zero-order valence-electron chi connectivity index (χ0n) is 11.0. The van der Waals surface area contributed by atoms with Crippen LogP contribution in [-0.4, -0.2) is 48.1 Å². The number of anilines is 2. The molecule has 2 rings (SSSR count). The van der Waals surface area contributed by atoms with Gasteiger partial charge in [-0.25, -0.2) is 9.18 Å². The summed E-state index contributed by atoms with van der Waals surface area (Å²) in [6.07, 6.45) is -0.583. The summed E-state index contributed by atoms with van der Waals surface area (Å²) in [7, 11) is 0. The molecule has 2 unspecified atom stereocenters. The molecule has 2 atom stereocenters. The molecule has 1 aromatic carbocycles. The first kappa shape index (κ1) is 14.5. The minimum atomic E-state index is -1.28. The number of aliphatic hydroxyl groups is 1. The lowest BCUT2D eigenvalue weighted by Crippen LogP contribution is -2.48. The van der Waals surface area contributed by atoms with Crippen LogP contribution < -0.4 is 10.6 Å². The van der Waals surface area contributed by atoms with Crippen molar-refractivity contribution in [2.45, 2.75) is 19.1 Å². The predicted molar refractivity (Wildman–Crippen MR) is 71.4 cm³/mol. The van der Waals surface area contributed by atoms with Crippen LogP contribution >= 0.6 is 0 Å². The first-order valence-corrected chi connectivity index (χ1v) is 6.26. The maximum Gasteiger partial charge on any atom is 0.340 e. The van der Waals surface area contributed by atoms with Crippen molar-refractivity contribution in [1.29, 1.82) is 0 Å². The molecule has 0 amide bonds. The van der Waals surface area contributed by atoms with Crippen molar-refractivity contribution < 1.29 is 24.1 Å². The molecule has 0 aliphatic carbocycles. The van der Waals surface area contributed by atoms with Gasteiger partial charge in [-0.05, 0) is 19.1 Å². The number of carboxylic acid groups (broad SMARTS) is 1. The molecule has 1 saturated heterocycles. The standard InChI is InChI=1S/C13H17FN2O4/c1-7-4-16(5-8(6-17)20-7)10-3-2-9(14)12(15)11(10)13(18)19/h2-3,7-8,17H,4-6,15H2,1H3,(H,18,19). The monoisotopic (exact) mass is 284 g/mol. The van der Waals surface area contributed by atoms with Gasteiger partial charge < -0.3 is 25.6 Å². The van der Waals surface area contributed by atoms with E-state index in [-0.39, 0.29) is 24.0 Å². The summed E-state index contributed by atoms with van der Waals surface area (Å²) in [6.45, 7) is 2.43. The van der Waals surface area contributed by atoms with E-state index >= 15 is 0 Å². The Labute approximate surface area is 115 Å². The fourth-order valence-electron chi connectivity index (χ4n) is 2.41. The maximum absolute atomic E-state index is 13.4. The summed E-state index contributed by atoms with van der Waals surface area (Å²) < 4.78 is 18.9. The van der Waals surface area contributed by atoms with Crippen LogP contribution in [0, 0.1) is 5.82 Å². The van der Waals surface area contributed by atoms with Gasteiger partial charge >= 0.3 is 5.97 Å². The number of halogens is 1. The van der Waals surface area contributed by atoms with Crippen molar-refractivity contribution in [2.24, 2.45) is 0 Å². The molecule has 0 radical (unpaired) electrons. The molecule has 1 fully saturated rings. The normalized spacial score (nSPS) is 22.9. The van der Waals surface area contributed by atoms with Gasteiger partial charge in [0.2, 0.25) is 0 Å². The van der Waals surface area contributed by atoms with Gasteiger partial charge in [0, 0.05) is 13.1 Å². The first-order valence-electron chi connectivity index (χ1n) is 6.26. The third kappa shape index (κ3) is 2.68. The molecule has 1 heterocycles. The molecule has 7 heteroatoms. The van der Waals surface area contributed by atoms with Crippen LogP contribution in [0.25, 0.3) is 0 Å². The molecule has 110 valence electrons. The van der Waals surface area contributed by atoms with Gasteiger partial charge in [0.15, 0.2) is 0 Å². The second-order valence-corrected chi connectivity index (χ2v) is 4.82. The van der Waals surface area contributed by atoms with Crippen LogP contribution in [0.3, 0.4) is 0 Å². The number of aromatic carboxylic acids is 1. The number of morpholine rings is 1. The third-order valence-corrected chi connectivity index (χ3v) is 3.25.